The number of hydrogen-bond donors (Lipinski definition) is 2. The first-order chi connectivity index (χ1) is 14.1. The molecule has 152 valence electrons. The molecule has 29 heavy (non-hydrogen) atoms. The number of carbonyl (C=O) groups excluding carboxylic acids is 2. The van der Waals surface area contributed by atoms with E-state index in [1.807, 2.05) is 30.5 Å². The molecule has 3 aromatic rings. The molecule has 2 aromatic carbocycles. The molecule has 0 radical (unpaired) electrons. The van der Waals surface area contributed by atoms with Gasteiger partial charge in [-0.15, -0.1) is 0 Å². The quantitative estimate of drug-likeness (QED) is 0.427. The van der Waals surface area contributed by atoms with Crippen LogP contribution in [0.15, 0.2) is 54.7 Å². The Morgan fingerprint density at radius 3 is 2.59 bits per heavy atom. The SMILES string of the molecule is CCCCOc1ccc(C(=O)NC(Cc2c[nH]c3ccccc23)C(=O)OC)cc1. The summed E-state index contributed by atoms with van der Waals surface area (Å²) in [5, 5.41) is 3.81. The number of unbranched alkanes of at least 4 members (excludes halogenated alkanes) is 1. The Morgan fingerprint density at radius 2 is 1.86 bits per heavy atom. The summed E-state index contributed by atoms with van der Waals surface area (Å²) in [6.07, 6.45) is 4.23. The Bertz CT molecular complexity index is 962. The average molecular weight is 394 g/mol. The lowest BCUT2D eigenvalue weighted by Crippen LogP contribution is -2.43. The molecular formula is C23H26N2O4. The fourth-order valence-corrected chi connectivity index (χ4v) is 3.13. The molecule has 1 amide bonds. The van der Waals surface area contributed by atoms with Crippen LogP contribution in [0.1, 0.15) is 35.7 Å². The van der Waals surface area contributed by atoms with Crippen LogP contribution in [0.3, 0.4) is 0 Å². The van der Waals surface area contributed by atoms with Gasteiger partial charge in [0.25, 0.3) is 5.91 Å². The Labute approximate surface area is 170 Å². The molecule has 2 N–H and O–H groups in total. The molecule has 6 nitrogen and oxygen atoms in total. The topological polar surface area (TPSA) is 80.4 Å². The van der Waals surface area contributed by atoms with E-state index in [9.17, 15) is 9.59 Å². The Kier molecular flexibility index (Phi) is 6.89. The van der Waals surface area contributed by atoms with Crippen molar-refractivity contribution in [1.29, 1.82) is 0 Å². The third-order valence-corrected chi connectivity index (χ3v) is 4.77. The van der Waals surface area contributed by atoms with Crippen molar-refractivity contribution >= 4 is 22.8 Å². The van der Waals surface area contributed by atoms with Gasteiger partial charge in [-0.1, -0.05) is 31.5 Å². The highest BCUT2D eigenvalue weighted by atomic mass is 16.5. The standard InChI is InChI=1S/C23H26N2O4/c1-3-4-13-29-18-11-9-16(10-12-18)22(26)25-21(23(27)28-2)14-17-15-24-20-8-6-5-7-19(17)20/h5-12,15,21,24H,3-4,13-14H2,1-2H3,(H,25,26). The zero-order valence-electron chi connectivity index (χ0n) is 16.7. The van der Waals surface area contributed by atoms with Crippen molar-refractivity contribution in [3.05, 3.63) is 65.9 Å². The number of esters is 1. The minimum Gasteiger partial charge on any atom is -0.494 e. The molecule has 1 unspecified atom stereocenters. The van der Waals surface area contributed by atoms with Crippen molar-refractivity contribution in [2.24, 2.45) is 0 Å². The number of benzene rings is 2. The number of ether oxygens (including phenoxy) is 2. The molecule has 0 saturated carbocycles. The highest BCUT2D eigenvalue weighted by molar-refractivity contribution is 5.97. The molecule has 0 aliphatic rings. The van der Waals surface area contributed by atoms with Gasteiger partial charge in [-0.25, -0.2) is 4.79 Å². The average Bonchev–Trinajstić information content (AvgIpc) is 3.16. The van der Waals surface area contributed by atoms with E-state index in [0.717, 1.165) is 35.1 Å². The van der Waals surface area contributed by atoms with Crippen LogP contribution in [0.2, 0.25) is 0 Å². The van der Waals surface area contributed by atoms with Gasteiger partial charge in [0.1, 0.15) is 11.8 Å². The second kappa shape index (κ2) is 9.78. The van der Waals surface area contributed by atoms with Crippen LogP contribution in [0.5, 0.6) is 5.75 Å². The second-order valence-electron chi connectivity index (χ2n) is 6.84. The molecule has 3 rings (SSSR count). The number of hydrogen-bond acceptors (Lipinski definition) is 4. The lowest BCUT2D eigenvalue weighted by molar-refractivity contribution is -0.142. The minimum absolute atomic E-state index is 0.333. The molecule has 1 heterocycles. The monoisotopic (exact) mass is 394 g/mol. The van der Waals surface area contributed by atoms with Crippen molar-refractivity contribution in [1.82, 2.24) is 10.3 Å². The number of rotatable bonds is 9. The third kappa shape index (κ3) is 5.16. The van der Waals surface area contributed by atoms with Gasteiger partial charge in [0.2, 0.25) is 0 Å². The van der Waals surface area contributed by atoms with E-state index in [2.05, 4.69) is 17.2 Å². The van der Waals surface area contributed by atoms with Gasteiger partial charge >= 0.3 is 5.97 Å². The lowest BCUT2D eigenvalue weighted by atomic mass is 10.0. The molecule has 0 aliphatic carbocycles. The van der Waals surface area contributed by atoms with Gasteiger partial charge in [0.05, 0.1) is 13.7 Å². The van der Waals surface area contributed by atoms with E-state index in [4.69, 9.17) is 9.47 Å². The van der Waals surface area contributed by atoms with E-state index in [0.29, 0.717) is 18.6 Å². The summed E-state index contributed by atoms with van der Waals surface area (Å²) in [5.74, 6) is -0.0955. The van der Waals surface area contributed by atoms with E-state index < -0.39 is 12.0 Å². The highest BCUT2D eigenvalue weighted by Gasteiger charge is 2.24. The van der Waals surface area contributed by atoms with E-state index in [1.165, 1.54) is 7.11 Å². The molecule has 0 fully saturated rings. The molecule has 1 atom stereocenters. The van der Waals surface area contributed by atoms with Gasteiger partial charge in [0, 0.05) is 29.1 Å². The highest BCUT2D eigenvalue weighted by Crippen LogP contribution is 2.20. The fraction of sp³-hybridized carbons (Fsp3) is 0.304. The summed E-state index contributed by atoms with van der Waals surface area (Å²) < 4.78 is 10.5. The number of para-hydroxylation sites is 1. The predicted octanol–water partition coefficient (Wildman–Crippen LogP) is 3.86. The van der Waals surface area contributed by atoms with Crippen molar-refractivity contribution in [3.63, 3.8) is 0 Å². The Morgan fingerprint density at radius 1 is 1.10 bits per heavy atom. The number of nitrogens with one attached hydrogen (secondary N) is 2. The second-order valence-corrected chi connectivity index (χ2v) is 6.84. The molecule has 6 heteroatoms. The van der Waals surface area contributed by atoms with Crippen LogP contribution in [0, 0.1) is 0 Å². The maximum absolute atomic E-state index is 12.7. The number of fused-ring (bicyclic) bond motifs is 1. The number of carbonyl (C=O) groups is 2. The van der Waals surface area contributed by atoms with Crippen LogP contribution in [0.25, 0.3) is 10.9 Å². The third-order valence-electron chi connectivity index (χ3n) is 4.77. The number of aromatic nitrogens is 1. The molecule has 0 aliphatic heterocycles. The summed E-state index contributed by atoms with van der Waals surface area (Å²) in [5.41, 5.74) is 2.38. The molecule has 0 spiro atoms. The zero-order chi connectivity index (χ0) is 20.6. The first-order valence-corrected chi connectivity index (χ1v) is 9.79. The fourth-order valence-electron chi connectivity index (χ4n) is 3.13. The van der Waals surface area contributed by atoms with E-state index in [-0.39, 0.29) is 5.91 Å². The summed E-state index contributed by atoms with van der Waals surface area (Å²) in [6.45, 7) is 2.75. The normalized spacial score (nSPS) is 11.8. The van der Waals surface area contributed by atoms with Crippen LogP contribution < -0.4 is 10.1 Å². The Hall–Kier alpha value is -3.28. The summed E-state index contributed by atoms with van der Waals surface area (Å²) in [4.78, 5) is 28.1. The van der Waals surface area contributed by atoms with Crippen molar-refractivity contribution in [2.45, 2.75) is 32.2 Å². The van der Waals surface area contributed by atoms with Crippen LogP contribution in [-0.4, -0.2) is 36.6 Å². The lowest BCUT2D eigenvalue weighted by Gasteiger charge is -2.16. The van der Waals surface area contributed by atoms with Gasteiger partial charge < -0.3 is 19.8 Å². The van der Waals surface area contributed by atoms with Crippen molar-refractivity contribution in [3.8, 4) is 5.75 Å². The van der Waals surface area contributed by atoms with Crippen molar-refractivity contribution in [2.75, 3.05) is 13.7 Å². The van der Waals surface area contributed by atoms with E-state index in [1.54, 1.807) is 24.3 Å². The van der Waals surface area contributed by atoms with Gasteiger partial charge in [-0.2, -0.15) is 0 Å². The predicted molar refractivity (Wildman–Crippen MR) is 112 cm³/mol. The molecule has 1 aromatic heterocycles. The number of amides is 1. The summed E-state index contributed by atoms with van der Waals surface area (Å²) in [6, 6.07) is 13.9. The molecular weight excluding hydrogens is 368 g/mol. The summed E-state index contributed by atoms with van der Waals surface area (Å²) >= 11 is 0. The van der Waals surface area contributed by atoms with Gasteiger partial charge in [0.15, 0.2) is 0 Å². The first kappa shape index (κ1) is 20.5. The number of methoxy groups -OCH3 is 1. The van der Waals surface area contributed by atoms with Crippen LogP contribution in [-0.2, 0) is 16.0 Å². The maximum Gasteiger partial charge on any atom is 0.328 e. The van der Waals surface area contributed by atoms with Gasteiger partial charge in [-0.05, 0) is 42.3 Å². The molecule has 0 bridgehead atoms. The zero-order valence-corrected chi connectivity index (χ0v) is 16.7. The Balaban J connectivity index is 1.69. The van der Waals surface area contributed by atoms with Crippen molar-refractivity contribution < 1.29 is 19.1 Å². The van der Waals surface area contributed by atoms with Crippen LogP contribution >= 0.6 is 0 Å². The first-order valence-electron chi connectivity index (χ1n) is 9.79. The largest absolute Gasteiger partial charge is 0.494 e. The number of H-pyrrole nitrogens is 1. The number of aromatic amines is 1. The minimum atomic E-state index is -0.785. The molecule has 0 saturated heterocycles. The van der Waals surface area contributed by atoms with Gasteiger partial charge in [-0.3, -0.25) is 4.79 Å². The summed E-state index contributed by atoms with van der Waals surface area (Å²) in [7, 11) is 1.32. The van der Waals surface area contributed by atoms with Crippen LogP contribution in [0.4, 0.5) is 0 Å². The maximum atomic E-state index is 12.7. The van der Waals surface area contributed by atoms with E-state index >= 15 is 0 Å². The smallest absolute Gasteiger partial charge is 0.328 e.